The molecule has 0 aromatic rings. The van der Waals surface area contributed by atoms with Gasteiger partial charge in [0.25, 0.3) is 0 Å². The summed E-state index contributed by atoms with van der Waals surface area (Å²) in [5, 5.41) is 0. The molecule has 0 aliphatic heterocycles. The summed E-state index contributed by atoms with van der Waals surface area (Å²) in [5.74, 6) is 0. The third-order valence-electron chi connectivity index (χ3n) is 0.854. The molecule has 0 saturated carbocycles. The van der Waals surface area contributed by atoms with Crippen molar-refractivity contribution in [2.75, 3.05) is 0 Å². The third-order valence-corrected chi connectivity index (χ3v) is 0.854. The minimum atomic E-state index is 0.979. The molecule has 0 aliphatic rings. The van der Waals surface area contributed by atoms with Crippen LogP contribution >= 0.6 is 0 Å². The lowest BCUT2D eigenvalue weighted by molar-refractivity contribution is 1.16. The Kier molecular flexibility index (Phi) is 3.09. The van der Waals surface area contributed by atoms with Crippen LogP contribution in [0.3, 0.4) is 0 Å². The van der Waals surface area contributed by atoms with Gasteiger partial charge in [-0.1, -0.05) is 26.2 Å². The molecule has 38 valence electrons. The van der Waals surface area contributed by atoms with Crippen LogP contribution in [0.5, 0.6) is 0 Å². The zero-order chi connectivity index (χ0) is 5.70. The van der Waals surface area contributed by atoms with Crippen LogP contribution in [-0.4, -0.2) is 0 Å². The number of hydrogen-bond donors (Lipinski definition) is 0. The summed E-state index contributed by atoms with van der Waals surface area (Å²) in [4.78, 5) is 0. The van der Waals surface area contributed by atoms with E-state index in [9.17, 15) is 0 Å². The lowest BCUT2D eigenvalue weighted by Gasteiger charge is -1.83. The fourth-order valence-corrected chi connectivity index (χ4v) is 0.342. The van der Waals surface area contributed by atoms with E-state index in [1.807, 2.05) is 0 Å². The molecule has 0 radical (unpaired) electrons. The van der Waals surface area contributed by atoms with Gasteiger partial charge in [-0.2, -0.15) is 0 Å². The van der Waals surface area contributed by atoms with E-state index in [-0.39, 0.29) is 0 Å². The van der Waals surface area contributed by atoms with Crippen LogP contribution in [0.1, 0.15) is 13.3 Å². The van der Waals surface area contributed by atoms with E-state index in [1.54, 1.807) is 6.08 Å². The first-order chi connectivity index (χ1) is 3.35. The lowest BCUT2D eigenvalue weighted by Crippen LogP contribution is -1.64. The van der Waals surface area contributed by atoms with Crippen molar-refractivity contribution in [3.8, 4) is 0 Å². The Hall–Kier alpha value is -0.740. The molecular weight excluding hydrogens is 84.1 g/mol. The van der Waals surface area contributed by atoms with Crippen LogP contribution in [0.2, 0.25) is 0 Å². The van der Waals surface area contributed by atoms with E-state index < -0.39 is 0 Å². The summed E-state index contributed by atoms with van der Waals surface area (Å²) in [6, 6.07) is 0. The minimum absolute atomic E-state index is 0.979. The van der Waals surface area contributed by atoms with E-state index in [2.05, 4.69) is 25.8 Å². The molecule has 0 aliphatic carbocycles. The van der Waals surface area contributed by atoms with Crippen molar-refractivity contribution in [2.24, 2.45) is 0 Å². The molecule has 0 nitrogen and oxygen atoms in total. The molecule has 0 atom stereocenters. The van der Waals surface area contributed by atoms with Crippen molar-refractivity contribution in [2.45, 2.75) is 13.3 Å². The number of rotatable bonds is 2. The van der Waals surface area contributed by atoms with Gasteiger partial charge in [-0.15, -0.1) is 5.73 Å². The van der Waals surface area contributed by atoms with Gasteiger partial charge in [0, 0.05) is 0 Å². The molecule has 0 spiro atoms. The number of allylic oxidation sites excluding steroid dienone is 2. The van der Waals surface area contributed by atoms with Gasteiger partial charge >= 0.3 is 0 Å². The maximum absolute atomic E-state index is 3.56. The molecule has 0 amide bonds. The smallest absolute Gasteiger partial charge is 0.00752 e. The van der Waals surface area contributed by atoms with E-state index in [0.717, 1.165) is 12.0 Å². The van der Waals surface area contributed by atoms with Crippen molar-refractivity contribution < 1.29 is 0 Å². The van der Waals surface area contributed by atoms with Crippen LogP contribution in [-0.2, 0) is 0 Å². The summed E-state index contributed by atoms with van der Waals surface area (Å²) in [7, 11) is 0. The van der Waals surface area contributed by atoms with Gasteiger partial charge in [0.05, 0.1) is 0 Å². The van der Waals surface area contributed by atoms with Gasteiger partial charge in [0.2, 0.25) is 0 Å². The predicted molar refractivity (Wildman–Crippen MR) is 33.1 cm³/mol. The van der Waals surface area contributed by atoms with E-state index in [4.69, 9.17) is 0 Å². The summed E-state index contributed by atoms with van der Waals surface area (Å²) >= 11 is 0. The highest BCUT2D eigenvalue weighted by Crippen LogP contribution is 1.95. The Morgan fingerprint density at radius 1 is 1.86 bits per heavy atom. The Morgan fingerprint density at radius 2 is 2.43 bits per heavy atom. The van der Waals surface area contributed by atoms with Crippen LogP contribution in [0.15, 0.2) is 30.5 Å². The minimum Gasteiger partial charge on any atom is -0.125 e. The van der Waals surface area contributed by atoms with E-state index >= 15 is 0 Å². The topological polar surface area (TPSA) is 0 Å². The molecule has 0 rings (SSSR count). The molecule has 0 aromatic heterocycles. The summed E-state index contributed by atoms with van der Waals surface area (Å²) in [6.07, 6.45) is 2.75. The highest BCUT2D eigenvalue weighted by Gasteiger charge is 1.76. The zero-order valence-corrected chi connectivity index (χ0v) is 4.70. The molecule has 0 fully saturated rings. The maximum Gasteiger partial charge on any atom is -0.00752 e. The van der Waals surface area contributed by atoms with E-state index in [0.29, 0.717) is 0 Å². The fraction of sp³-hybridized carbons (Fsp3) is 0.286. The predicted octanol–water partition coefficient (Wildman–Crippen LogP) is 2.29. The lowest BCUT2D eigenvalue weighted by atomic mass is 10.2. The molecule has 0 unspecified atom stereocenters. The average Bonchev–Trinajstić information content (AvgIpc) is 1.72. The molecule has 0 aromatic carbocycles. The van der Waals surface area contributed by atoms with Crippen LogP contribution in [0.25, 0.3) is 0 Å². The largest absolute Gasteiger partial charge is 0.125 e. The van der Waals surface area contributed by atoms with Gasteiger partial charge in [-0.3, -0.25) is 0 Å². The summed E-state index contributed by atoms with van der Waals surface area (Å²) in [6.45, 7) is 9.08. The second-order valence-electron chi connectivity index (χ2n) is 1.26. The molecule has 0 heterocycles. The first-order valence-electron chi connectivity index (χ1n) is 2.36. The molecule has 0 heteroatoms. The summed E-state index contributed by atoms with van der Waals surface area (Å²) < 4.78 is 0. The molecule has 0 N–H and O–H groups in total. The highest BCUT2D eigenvalue weighted by atomic mass is 13.8. The highest BCUT2D eigenvalue weighted by molar-refractivity contribution is 5.12. The van der Waals surface area contributed by atoms with Crippen molar-refractivity contribution in [3.05, 3.63) is 30.5 Å². The van der Waals surface area contributed by atoms with Crippen molar-refractivity contribution in [1.29, 1.82) is 0 Å². The SMILES string of the molecule is C=C=C(C=C)CC. The number of hydrogen-bond acceptors (Lipinski definition) is 0. The van der Waals surface area contributed by atoms with Crippen molar-refractivity contribution >= 4 is 0 Å². The molecular formula is C7H10. The van der Waals surface area contributed by atoms with E-state index in [1.165, 1.54) is 0 Å². The van der Waals surface area contributed by atoms with Crippen molar-refractivity contribution in [3.63, 3.8) is 0 Å². The third kappa shape index (κ3) is 2.02. The monoisotopic (exact) mass is 94.1 g/mol. The van der Waals surface area contributed by atoms with Gasteiger partial charge in [-0.25, -0.2) is 0 Å². The van der Waals surface area contributed by atoms with Gasteiger partial charge in [-0.05, 0) is 12.0 Å². The maximum atomic E-state index is 3.56. The van der Waals surface area contributed by atoms with Gasteiger partial charge in [0.15, 0.2) is 0 Å². The Morgan fingerprint density at radius 3 is 2.43 bits per heavy atom. The zero-order valence-electron chi connectivity index (χ0n) is 4.70. The molecule has 7 heavy (non-hydrogen) atoms. The normalized spacial score (nSPS) is 7.00. The Bertz CT molecular complexity index is 103. The van der Waals surface area contributed by atoms with Crippen LogP contribution in [0.4, 0.5) is 0 Å². The molecule has 0 saturated heterocycles. The Balaban J connectivity index is 3.86. The molecule has 0 bridgehead atoms. The summed E-state index contributed by atoms with van der Waals surface area (Å²) in [5.41, 5.74) is 3.83. The van der Waals surface area contributed by atoms with Crippen LogP contribution < -0.4 is 0 Å². The standard InChI is InChI=1S/C7H10/c1-4-7(5-2)6-3/h4H,1-2,6H2,3H3. The van der Waals surface area contributed by atoms with Gasteiger partial charge in [0.1, 0.15) is 0 Å². The average molecular weight is 94.2 g/mol. The first kappa shape index (κ1) is 6.26. The first-order valence-corrected chi connectivity index (χ1v) is 2.36. The second-order valence-corrected chi connectivity index (χ2v) is 1.26. The fourth-order valence-electron chi connectivity index (χ4n) is 0.342. The quantitative estimate of drug-likeness (QED) is 0.364. The van der Waals surface area contributed by atoms with Crippen LogP contribution in [0, 0.1) is 0 Å². The second kappa shape index (κ2) is 3.45. The Labute approximate surface area is 44.9 Å². The van der Waals surface area contributed by atoms with Gasteiger partial charge < -0.3 is 0 Å². The van der Waals surface area contributed by atoms with Crippen molar-refractivity contribution in [1.82, 2.24) is 0 Å².